The van der Waals surface area contributed by atoms with E-state index < -0.39 is 12.2 Å². The van der Waals surface area contributed by atoms with Gasteiger partial charge in [0.2, 0.25) is 0 Å². The summed E-state index contributed by atoms with van der Waals surface area (Å²) in [6, 6.07) is 0. The van der Waals surface area contributed by atoms with Gasteiger partial charge in [0, 0.05) is 24.7 Å². The first-order chi connectivity index (χ1) is 13.0. The summed E-state index contributed by atoms with van der Waals surface area (Å²) in [5.74, 6) is -0.347. The molecule has 1 aliphatic rings. The Morgan fingerprint density at radius 1 is 1.19 bits per heavy atom. The summed E-state index contributed by atoms with van der Waals surface area (Å²) in [4.78, 5) is 23.5. The Balaban J connectivity index is 2.34. The van der Waals surface area contributed by atoms with E-state index in [1.165, 1.54) is 0 Å². The quantitative estimate of drug-likeness (QED) is 0.270. The van der Waals surface area contributed by atoms with Crippen molar-refractivity contribution in [3.63, 3.8) is 0 Å². The molecule has 0 bridgehead atoms. The van der Waals surface area contributed by atoms with Gasteiger partial charge in [0.1, 0.15) is 5.78 Å². The molecule has 0 saturated heterocycles. The SMILES string of the molecule is CCCCCC(O)/C=C/[C@H]1[C@H](O)CC(=O)[C@H]1CCCCCCC(=O)OCC. The Hall–Kier alpha value is -1.20. The molecule has 1 saturated carbocycles. The van der Waals surface area contributed by atoms with Gasteiger partial charge < -0.3 is 14.9 Å². The van der Waals surface area contributed by atoms with E-state index in [0.717, 1.165) is 57.8 Å². The number of ether oxygens (including phenoxy) is 1. The van der Waals surface area contributed by atoms with Crippen LogP contribution in [0.4, 0.5) is 0 Å². The number of hydrogen-bond donors (Lipinski definition) is 2. The van der Waals surface area contributed by atoms with E-state index >= 15 is 0 Å². The van der Waals surface area contributed by atoms with E-state index in [9.17, 15) is 19.8 Å². The maximum absolute atomic E-state index is 12.2. The van der Waals surface area contributed by atoms with E-state index in [1.807, 2.05) is 6.08 Å². The van der Waals surface area contributed by atoms with Crippen LogP contribution in [0.3, 0.4) is 0 Å². The van der Waals surface area contributed by atoms with Gasteiger partial charge in [0.15, 0.2) is 0 Å². The summed E-state index contributed by atoms with van der Waals surface area (Å²) in [5, 5.41) is 20.2. The van der Waals surface area contributed by atoms with Crippen molar-refractivity contribution < 1.29 is 24.5 Å². The summed E-state index contributed by atoms with van der Waals surface area (Å²) >= 11 is 0. The molecule has 1 aliphatic carbocycles. The fraction of sp³-hybridized carbons (Fsp3) is 0.818. The van der Waals surface area contributed by atoms with Gasteiger partial charge >= 0.3 is 5.97 Å². The first-order valence-electron chi connectivity index (χ1n) is 10.7. The van der Waals surface area contributed by atoms with Gasteiger partial charge in [-0.3, -0.25) is 9.59 Å². The third kappa shape index (κ3) is 9.52. The highest BCUT2D eigenvalue weighted by atomic mass is 16.5. The van der Waals surface area contributed by atoms with E-state index in [-0.39, 0.29) is 30.0 Å². The Labute approximate surface area is 164 Å². The lowest BCUT2D eigenvalue weighted by Crippen LogP contribution is -2.19. The van der Waals surface area contributed by atoms with Crippen molar-refractivity contribution in [1.82, 2.24) is 0 Å². The summed E-state index contributed by atoms with van der Waals surface area (Å²) in [6.07, 6.45) is 11.5. The van der Waals surface area contributed by atoms with E-state index in [2.05, 4.69) is 6.92 Å². The molecule has 4 atom stereocenters. The summed E-state index contributed by atoms with van der Waals surface area (Å²) in [6.45, 7) is 4.36. The molecular formula is C22H38O5. The largest absolute Gasteiger partial charge is 0.466 e. The van der Waals surface area contributed by atoms with Gasteiger partial charge in [-0.2, -0.15) is 0 Å². The van der Waals surface area contributed by atoms with Crippen molar-refractivity contribution in [3.8, 4) is 0 Å². The molecular weight excluding hydrogens is 344 g/mol. The highest BCUT2D eigenvalue weighted by Gasteiger charge is 2.39. The number of carbonyl (C=O) groups excluding carboxylic acids is 2. The molecule has 1 rings (SSSR count). The first-order valence-corrected chi connectivity index (χ1v) is 10.7. The van der Waals surface area contributed by atoms with Gasteiger partial charge in [-0.25, -0.2) is 0 Å². The lowest BCUT2D eigenvalue weighted by Gasteiger charge is -2.18. The second-order valence-electron chi connectivity index (χ2n) is 7.63. The van der Waals surface area contributed by atoms with E-state index in [4.69, 9.17) is 4.74 Å². The zero-order valence-electron chi connectivity index (χ0n) is 17.1. The number of esters is 1. The molecule has 0 aromatic carbocycles. The lowest BCUT2D eigenvalue weighted by atomic mass is 9.88. The predicted molar refractivity (Wildman–Crippen MR) is 106 cm³/mol. The smallest absolute Gasteiger partial charge is 0.305 e. The Kier molecular flexibility index (Phi) is 12.3. The van der Waals surface area contributed by atoms with Crippen LogP contribution in [0.15, 0.2) is 12.2 Å². The monoisotopic (exact) mass is 382 g/mol. The van der Waals surface area contributed by atoms with E-state index in [0.29, 0.717) is 13.0 Å². The molecule has 0 spiro atoms. The second-order valence-corrected chi connectivity index (χ2v) is 7.63. The molecule has 0 aromatic heterocycles. The standard InChI is InChI=1S/C22H38O5/c1-3-5-8-11-17(23)14-15-19-18(20(24)16-21(19)25)12-9-6-7-10-13-22(26)27-4-2/h14-15,17-19,21,23,25H,3-13,16H2,1-2H3/b15-14+/t17?,18-,19+,21+/m0/s1. The van der Waals surface area contributed by atoms with Crippen LogP contribution < -0.4 is 0 Å². The summed E-state index contributed by atoms with van der Waals surface area (Å²) in [5.41, 5.74) is 0. The predicted octanol–water partition coefficient (Wildman–Crippen LogP) is 3.95. The van der Waals surface area contributed by atoms with Crippen LogP contribution in [0.2, 0.25) is 0 Å². The molecule has 5 heteroatoms. The second kappa shape index (κ2) is 13.9. The van der Waals surface area contributed by atoms with Crippen molar-refractivity contribution in [2.45, 2.75) is 96.7 Å². The minimum atomic E-state index is -0.634. The Morgan fingerprint density at radius 3 is 2.63 bits per heavy atom. The number of ketones is 1. The molecule has 2 N–H and O–H groups in total. The highest BCUT2D eigenvalue weighted by Crippen LogP contribution is 2.34. The minimum absolute atomic E-state index is 0.129. The molecule has 0 aromatic rings. The third-order valence-electron chi connectivity index (χ3n) is 5.34. The van der Waals surface area contributed by atoms with Crippen LogP contribution in [0, 0.1) is 11.8 Å². The summed E-state index contributed by atoms with van der Waals surface area (Å²) in [7, 11) is 0. The van der Waals surface area contributed by atoms with Crippen molar-refractivity contribution in [2.75, 3.05) is 6.61 Å². The van der Waals surface area contributed by atoms with Gasteiger partial charge in [-0.15, -0.1) is 0 Å². The number of aliphatic hydroxyl groups excluding tert-OH is 2. The van der Waals surface area contributed by atoms with Crippen molar-refractivity contribution in [3.05, 3.63) is 12.2 Å². The number of hydrogen-bond acceptors (Lipinski definition) is 5. The molecule has 1 unspecified atom stereocenters. The molecule has 27 heavy (non-hydrogen) atoms. The number of unbranched alkanes of at least 4 members (excludes halogenated alkanes) is 5. The molecule has 156 valence electrons. The van der Waals surface area contributed by atoms with Gasteiger partial charge in [0.25, 0.3) is 0 Å². The van der Waals surface area contributed by atoms with Crippen LogP contribution in [-0.2, 0) is 14.3 Å². The maximum Gasteiger partial charge on any atom is 0.305 e. The molecule has 0 radical (unpaired) electrons. The fourth-order valence-electron chi connectivity index (χ4n) is 3.77. The van der Waals surface area contributed by atoms with Crippen LogP contribution in [-0.4, -0.2) is 40.8 Å². The zero-order chi connectivity index (χ0) is 20.1. The normalized spacial score (nSPS) is 23.9. The topological polar surface area (TPSA) is 83.8 Å². The molecule has 5 nitrogen and oxygen atoms in total. The molecule has 0 aliphatic heterocycles. The average molecular weight is 383 g/mol. The van der Waals surface area contributed by atoms with Gasteiger partial charge in [-0.05, 0) is 26.2 Å². The fourth-order valence-corrected chi connectivity index (χ4v) is 3.77. The lowest BCUT2D eigenvalue weighted by molar-refractivity contribution is -0.143. The van der Waals surface area contributed by atoms with Crippen LogP contribution >= 0.6 is 0 Å². The third-order valence-corrected chi connectivity index (χ3v) is 5.34. The van der Waals surface area contributed by atoms with E-state index in [1.54, 1.807) is 13.0 Å². The van der Waals surface area contributed by atoms with Gasteiger partial charge in [0.05, 0.1) is 18.8 Å². The molecule has 0 heterocycles. The van der Waals surface area contributed by atoms with Gasteiger partial charge in [-0.1, -0.05) is 57.6 Å². The Bertz CT molecular complexity index is 460. The zero-order valence-corrected chi connectivity index (χ0v) is 17.1. The molecule has 0 amide bonds. The number of rotatable bonds is 14. The Morgan fingerprint density at radius 2 is 1.93 bits per heavy atom. The van der Waals surface area contributed by atoms with Crippen molar-refractivity contribution in [2.24, 2.45) is 11.8 Å². The van der Waals surface area contributed by atoms with Crippen LogP contribution in [0.25, 0.3) is 0 Å². The first kappa shape index (κ1) is 23.8. The highest BCUT2D eigenvalue weighted by molar-refractivity contribution is 5.84. The summed E-state index contributed by atoms with van der Waals surface area (Å²) < 4.78 is 4.91. The molecule has 1 fully saturated rings. The minimum Gasteiger partial charge on any atom is -0.466 e. The number of aliphatic hydroxyl groups is 2. The number of carbonyl (C=O) groups is 2. The van der Waals surface area contributed by atoms with Crippen molar-refractivity contribution in [1.29, 1.82) is 0 Å². The van der Waals surface area contributed by atoms with Crippen molar-refractivity contribution >= 4 is 11.8 Å². The van der Waals surface area contributed by atoms with Crippen LogP contribution in [0.1, 0.15) is 84.5 Å². The average Bonchev–Trinajstić information content (AvgIpc) is 2.89. The van der Waals surface area contributed by atoms with Crippen LogP contribution in [0.5, 0.6) is 0 Å². The maximum atomic E-state index is 12.2. The number of Topliss-reactive ketones (excluding diaryl/α,β-unsaturated/α-hetero) is 1.